The van der Waals surface area contributed by atoms with Crippen LogP contribution in [0.4, 0.5) is 10.6 Å². The van der Waals surface area contributed by atoms with Crippen molar-refractivity contribution in [3.05, 3.63) is 76.3 Å². The zero-order valence-electron chi connectivity index (χ0n) is 25.5. The van der Waals surface area contributed by atoms with Crippen molar-refractivity contribution in [1.29, 1.82) is 0 Å². The summed E-state index contributed by atoms with van der Waals surface area (Å²) in [6.07, 6.45) is 3.53. The first kappa shape index (κ1) is 31.6. The summed E-state index contributed by atoms with van der Waals surface area (Å²) in [5, 5.41) is 11.3. The lowest BCUT2D eigenvalue weighted by atomic mass is 9.87. The maximum Gasteiger partial charge on any atom is 0.407 e. The summed E-state index contributed by atoms with van der Waals surface area (Å²) in [6.45, 7) is 6.91. The fourth-order valence-electron chi connectivity index (χ4n) is 6.04. The molecule has 1 aliphatic rings. The molecule has 0 atom stereocenters. The summed E-state index contributed by atoms with van der Waals surface area (Å²) < 4.78 is 6.71. The summed E-state index contributed by atoms with van der Waals surface area (Å²) in [5.41, 5.74) is 8.35. The average Bonchev–Trinajstić information content (AvgIpc) is 3.34. The number of hydrogen-bond donors (Lipinski definition) is 2. The molecular weight excluding hydrogens is 596 g/mol. The van der Waals surface area contributed by atoms with E-state index in [2.05, 4.69) is 4.98 Å². The van der Waals surface area contributed by atoms with Crippen molar-refractivity contribution in [3.63, 3.8) is 0 Å². The summed E-state index contributed by atoms with van der Waals surface area (Å²) in [6, 6.07) is 17.2. The van der Waals surface area contributed by atoms with Crippen LogP contribution < -0.4 is 10.5 Å². The highest BCUT2D eigenvalue weighted by atomic mass is 35.5. The highest BCUT2D eigenvalue weighted by molar-refractivity contribution is 7.21. The fourth-order valence-corrected chi connectivity index (χ4v) is 7.50. The van der Waals surface area contributed by atoms with Gasteiger partial charge in [0.25, 0.3) is 5.91 Å². The molecule has 0 unspecified atom stereocenters. The minimum atomic E-state index is -0.896. The van der Waals surface area contributed by atoms with Crippen LogP contribution in [0.1, 0.15) is 61.7 Å². The molecule has 44 heavy (non-hydrogen) atoms. The number of nitrogens with two attached hydrogens (primary N) is 1. The predicted molar refractivity (Wildman–Crippen MR) is 178 cm³/mol. The van der Waals surface area contributed by atoms with E-state index >= 15 is 0 Å². The standard InChI is InChI=1S/C34H39ClN4O4S/c1-34(2,3)20-39(33(41)42)25-13-11-24(12-14-25)38(32(40)31-30(35)26-7-5-6-8-28(26)44-31)19-23-17-21(9-15-27(23)43-4)22-10-16-29(36)37-18-22/h5-10,15-18,24-25H,11-14,19-20H2,1-4H3,(H2,36,37)(H,41,42). The molecule has 0 saturated heterocycles. The van der Waals surface area contributed by atoms with Gasteiger partial charge in [-0.3, -0.25) is 4.79 Å². The number of methoxy groups -OCH3 is 1. The summed E-state index contributed by atoms with van der Waals surface area (Å²) in [5.74, 6) is 0.985. The molecule has 8 nitrogen and oxygen atoms in total. The number of thiophene rings is 1. The first-order valence-electron chi connectivity index (χ1n) is 14.8. The Kier molecular flexibility index (Phi) is 9.37. The predicted octanol–water partition coefficient (Wildman–Crippen LogP) is 8.19. The van der Waals surface area contributed by atoms with Gasteiger partial charge in [-0.15, -0.1) is 11.3 Å². The smallest absolute Gasteiger partial charge is 0.407 e. The Morgan fingerprint density at radius 3 is 2.27 bits per heavy atom. The number of nitrogen functional groups attached to an aromatic ring is 1. The van der Waals surface area contributed by atoms with Gasteiger partial charge in [-0.25, -0.2) is 9.78 Å². The van der Waals surface area contributed by atoms with E-state index < -0.39 is 6.09 Å². The van der Waals surface area contributed by atoms with Gasteiger partial charge in [-0.2, -0.15) is 0 Å². The molecule has 1 saturated carbocycles. The van der Waals surface area contributed by atoms with E-state index in [0.717, 1.165) is 26.8 Å². The molecule has 4 aromatic rings. The van der Waals surface area contributed by atoms with E-state index in [1.54, 1.807) is 24.3 Å². The van der Waals surface area contributed by atoms with Crippen molar-refractivity contribution in [2.24, 2.45) is 5.41 Å². The number of rotatable bonds is 8. The second-order valence-corrected chi connectivity index (χ2v) is 14.0. The van der Waals surface area contributed by atoms with E-state index in [1.807, 2.05) is 74.2 Å². The van der Waals surface area contributed by atoms with Crippen LogP contribution in [-0.4, -0.2) is 57.6 Å². The zero-order valence-corrected chi connectivity index (χ0v) is 27.1. The number of fused-ring (bicyclic) bond motifs is 1. The highest BCUT2D eigenvalue weighted by Gasteiger charge is 2.36. The SMILES string of the molecule is COc1ccc(-c2ccc(N)nc2)cc1CN(C(=O)c1sc2ccccc2c1Cl)C1CCC(N(CC(C)(C)C)C(=O)O)CC1. The van der Waals surface area contributed by atoms with Gasteiger partial charge in [0.1, 0.15) is 16.4 Å². The molecule has 0 radical (unpaired) electrons. The number of carbonyl (C=O) groups excluding carboxylic acids is 1. The highest BCUT2D eigenvalue weighted by Crippen LogP contribution is 2.39. The van der Waals surface area contributed by atoms with Crippen LogP contribution >= 0.6 is 22.9 Å². The number of nitrogens with zero attached hydrogens (tertiary/aromatic N) is 3. The van der Waals surface area contributed by atoms with Crippen LogP contribution in [0.3, 0.4) is 0 Å². The number of anilines is 1. The normalized spacial score (nSPS) is 16.9. The number of pyridine rings is 1. The lowest BCUT2D eigenvalue weighted by Gasteiger charge is -2.41. The van der Waals surface area contributed by atoms with Gasteiger partial charge in [0, 0.05) is 52.6 Å². The first-order chi connectivity index (χ1) is 20.9. The Morgan fingerprint density at radius 1 is 1.02 bits per heavy atom. The maximum absolute atomic E-state index is 14.4. The number of carbonyl (C=O) groups is 2. The summed E-state index contributed by atoms with van der Waals surface area (Å²) in [7, 11) is 1.62. The second kappa shape index (κ2) is 13.0. The molecule has 0 aliphatic heterocycles. The molecule has 2 aromatic carbocycles. The average molecular weight is 635 g/mol. The second-order valence-electron chi connectivity index (χ2n) is 12.6. The summed E-state index contributed by atoms with van der Waals surface area (Å²) in [4.78, 5) is 34.9. The molecule has 1 fully saturated rings. The van der Waals surface area contributed by atoms with Crippen LogP contribution in [0.15, 0.2) is 60.8 Å². The Balaban J connectivity index is 1.48. The number of amides is 2. The van der Waals surface area contributed by atoms with Crippen LogP contribution in [0.25, 0.3) is 21.2 Å². The Bertz CT molecular complexity index is 1640. The number of halogens is 1. The summed E-state index contributed by atoms with van der Waals surface area (Å²) >= 11 is 8.23. The minimum absolute atomic E-state index is 0.0938. The molecule has 3 N–H and O–H groups in total. The first-order valence-corrected chi connectivity index (χ1v) is 16.0. The van der Waals surface area contributed by atoms with Crippen molar-refractivity contribution in [3.8, 4) is 16.9 Å². The zero-order chi connectivity index (χ0) is 31.6. The monoisotopic (exact) mass is 634 g/mol. The minimum Gasteiger partial charge on any atom is -0.496 e. The van der Waals surface area contributed by atoms with Crippen molar-refractivity contribution in [2.45, 2.75) is 65.1 Å². The van der Waals surface area contributed by atoms with Gasteiger partial charge >= 0.3 is 6.09 Å². The Labute approximate surface area is 267 Å². The molecule has 10 heteroatoms. The van der Waals surface area contributed by atoms with Gasteiger partial charge < -0.3 is 25.4 Å². The molecule has 0 bridgehead atoms. The molecular formula is C34H39ClN4O4S. The molecule has 2 heterocycles. The van der Waals surface area contributed by atoms with Crippen LogP contribution in [0, 0.1) is 5.41 Å². The lowest BCUT2D eigenvalue weighted by molar-refractivity contribution is 0.0492. The quantitative estimate of drug-likeness (QED) is 0.202. The van der Waals surface area contributed by atoms with E-state index in [4.69, 9.17) is 22.1 Å². The molecule has 232 valence electrons. The Hall–Kier alpha value is -3.82. The number of hydrogen-bond acceptors (Lipinski definition) is 6. The van der Waals surface area contributed by atoms with Gasteiger partial charge in [0.2, 0.25) is 0 Å². The number of benzene rings is 2. The largest absolute Gasteiger partial charge is 0.496 e. The molecule has 0 spiro atoms. The van der Waals surface area contributed by atoms with Crippen molar-refractivity contribution in [1.82, 2.24) is 14.8 Å². The van der Waals surface area contributed by atoms with Gasteiger partial charge in [0.05, 0.1) is 12.1 Å². The van der Waals surface area contributed by atoms with E-state index in [1.165, 1.54) is 11.3 Å². The van der Waals surface area contributed by atoms with E-state index in [9.17, 15) is 14.7 Å². The number of carboxylic acid groups (broad SMARTS) is 1. The van der Waals surface area contributed by atoms with E-state index in [0.29, 0.717) is 60.2 Å². The van der Waals surface area contributed by atoms with Crippen molar-refractivity contribution >= 4 is 50.8 Å². The van der Waals surface area contributed by atoms with Gasteiger partial charge in [-0.05, 0) is 67.0 Å². The van der Waals surface area contributed by atoms with Crippen LogP contribution in [0.5, 0.6) is 5.75 Å². The fraction of sp³-hybridized carbons (Fsp3) is 0.382. The van der Waals surface area contributed by atoms with Crippen LogP contribution in [0.2, 0.25) is 5.02 Å². The third-order valence-corrected chi connectivity index (χ3v) is 9.83. The third kappa shape index (κ3) is 6.94. The topological polar surface area (TPSA) is 109 Å². The molecule has 2 amide bonds. The molecule has 2 aromatic heterocycles. The number of aromatic nitrogens is 1. The van der Waals surface area contributed by atoms with Crippen LogP contribution in [-0.2, 0) is 6.54 Å². The lowest BCUT2D eigenvalue weighted by Crippen LogP contribution is -2.49. The molecule has 1 aliphatic carbocycles. The molecule has 5 rings (SSSR count). The van der Waals surface area contributed by atoms with Crippen molar-refractivity contribution in [2.75, 3.05) is 19.4 Å². The number of ether oxygens (including phenoxy) is 1. The van der Waals surface area contributed by atoms with Gasteiger partial charge in [0.15, 0.2) is 0 Å². The maximum atomic E-state index is 14.4. The van der Waals surface area contributed by atoms with Crippen molar-refractivity contribution < 1.29 is 19.4 Å². The third-order valence-electron chi connectivity index (χ3n) is 8.17. The van der Waals surface area contributed by atoms with E-state index in [-0.39, 0.29) is 23.4 Å². The Morgan fingerprint density at radius 2 is 1.68 bits per heavy atom. The van der Waals surface area contributed by atoms with Gasteiger partial charge in [-0.1, -0.05) is 56.6 Å².